The number of nitrogens with two attached hydrogens (primary N) is 1. The molecule has 0 bridgehead atoms. The van der Waals surface area contributed by atoms with E-state index >= 15 is 0 Å². The van der Waals surface area contributed by atoms with Gasteiger partial charge in [0.15, 0.2) is 0 Å². The molecule has 0 aromatic heterocycles. The molecule has 0 radical (unpaired) electrons. The zero-order chi connectivity index (χ0) is 12.7. The third kappa shape index (κ3) is 2.31. The average Bonchev–Trinajstić information content (AvgIpc) is 2.34. The van der Waals surface area contributed by atoms with E-state index in [4.69, 9.17) is 15.0 Å². The van der Waals surface area contributed by atoms with E-state index in [9.17, 15) is 0 Å². The molecule has 3 nitrogen and oxygen atoms in total. The Morgan fingerprint density at radius 3 is 2.00 bits per heavy atom. The Hall–Kier alpha value is -0.315. The van der Waals surface area contributed by atoms with Gasteiger partial charge in [0, 0.05) is 6.54 Å². The summed E-state index contributed by atoms with van der Waals surface area (Å²) in [5.41, 5.74) is 5.53. The first-order valence-corrected chi connectivity index (χ1v) is 6.55. The van der Waals surface area contributed by atoms with E-state index in [1.54, 1.807) is 0 Å². The van der Waals surface area contributed by atoms with Crippen LogP contribution >= 0.6 is 0 Å². The largest absolute Gasteiger partial charge is 0.486 e. The minimum atomic E-state index is -0.252. The second-order valence-electron chi connectivity index (χ2n) is 6.40. The summed E-state index contributed by atoms with van der Waals surface area (Å²) in [7, 11) is -0.232. The summed E-state index contributed by atoms with van der Waals surface area (Å²) in [6, 6.07) is 0. The minimum Gasteiger partial charge on any atom is -0.400 e. The van der Waals surface area contributed by atoms with Crippen molar-refractivity contribution in [2.45, 2.75) is 58.2 Å². The van der Waals surface area contributed by atoms with Crippen LogP contribution in [0.4, 0.5) is 0 Å². The van der Waals surface area contributed by atoms with Gasteiger partial charge in [-0.15, -0.1) is 0 Å². The van der Waals surface area contributed by atoms with Gasteiger partial charge in [-0.25, -0.2) is 0 Å². The summed E-state index contributed by atoms with van der Waals surface area (Å²) in [6.07, 6.45) is 5.88. The number of rotatable bonds is 3. The summed E-state index contributed by atoms with van der Waals surface area (Å²) < 4.78 is 11.8. The zero-order valence-corrected chi connectivity index (χ0v) is 11.5. The van der Waals surface area contributed by atoms with Gasteiger partial charge in [0.2, 0.25) is 0 Å². The van der Waals surface area contributed by atoms with Crippen molar-refractivity contribution in [2.75, 3.05) is 6.54 Å². The average molecular weight is 237 g/mol. The van der Waals surface area contributed by atoms with Gasteiger partial charge in [-0.05, 0) is 46.0 Å². The van der Waals surface area contributed by atoms with Crippen LogP contribution in [0.5, 0.6) is 0 Å². The first-order chi connectivity index (χ1) is 7.80. The van der Waals surface area contributed by atoms with E-state index in [0.29, 0.717) is 0 Å². The van der Waals surface area contributed by atoms with E-state index in [-0.39, 0.29) is 23.7 Å². The molecule has 1 saturated heterocycles. The van der Waals surface area contributed by atoms with Crippen LogP contribution < -0.4 is 5.73 Å². The molecule has 0 amide bonds. The highest BCUT2D eigenvalue weighted by molar-refractivity contribution is 6.51. The maximum absolute atomic E-state index is 5.92. The fourth-order valence-corrected chi connectivity index (χ4v) is 2.32. The lowest BCUT2D eigenvalue weighted by Gasteiger charge is -2.38. The van der Waals surface area contributed by atoms with Crippen LogP contribution in [0.2, 0.25) is 0 Å². The smallest absolute Gasteiger partial charge is 0.400 e. The lowest BCUT2D eigenvalue weighted by Crippen LogP contribution is -2.41. The van der Waals surface area contributed by atoms with Crippen LogP contribution in [0, 0.1) is 5.41 Å². The van der Waals surface area contributed by atoms with Gasteiger partial charge in [-0.2, -0.15) is 0 Å². The number of hydrogen-bond acceptors (Lipinski definition) is 3. The molecule has 2 aliphatic rings. The second-order valence-corrected chi connectivity index (χ2v) is 6.40. The quantitative estimate of drug-likeness (QED) is 0.766. The van der Waals surface area contributed by atoms with Gasteiger partial charge in [0.05, 0.1) is 11.2 Å². The molecular weight excluding hydrogens is 213 g/mol. The van der Waals surface area contributed by atoms with Crippen molar-refractivity contribution < 1.29 is 9.31 Å². The zero-order valence-electron chi connectivity index (χ0n) is 11.5. The molecule has 0 unspecified atom stereocenters. The lowest BCUT2D eigenvalue weighted by atomic mass is 9.67. The Morgan fingerprint density at radius 1 is 1.12 bits per heavy atom. The third-order valence-electron chi connectivity index (χ3n) is 4.63. The summed E-state index contributed by atoms with van der Waals surface area (Å²) in [6.45, 7) is 9.01. The molecule has 1 heterocycles. The van der Waals surface area contributed by atoms with Gasteiger partial charge in [0.25, 0.3) is 0 Å². The van der Waals surface area contributed by atoms with E-state index in [0.717, 1.165) is 6.54 Å². The van der Waals surface area contributed by atoms with Gasteiger partial charge in [0.1, 0.15) is 0 Å². The van der Waals surface area contributed by atoms with E-state index in [1.165, 1.54) is 19.3 Å². The highest BCUT2D eigenvalue weighted by Crippen LogP contribution is 2.42. The highest BCUT2D eigenvalue weighted by atomic mass is 16.7. The van der Waals surface area contributed by atoms with Crippen LogP contribution in [0.3, 0.4) is 0 Å². The molecular formula is C13H24BNO2. The SMILES string of the molecule is CC1(C)OB(/C=C/C2(CN)CCC2)OC1(C)C. The van der Waals surface area contributed by atoms with Crippen molar-refractivity contribution in [3.8, 4) is 0 Å². The Bertz CT molecular complexity index is 300. The molecule has 0 aromatic rings. The molecule has 1 saturated carbocycles. The van der Waals surface area contributed by atoms with Crippen molar-refractivity contribution in [3.05, 3.63) is 12.1 Å². The standard InChI is InChI=1S/C13H24BNO2/c1-11(2)12(3,4)17-14(16-11)9-8-13(10-15)6-5-7-13/h8-9H,5-7,10,15H2,1-4H3/b9-8+. The fourth-order valence-electron chi connectivity index (χ4n) is 2.32. The minimum absolute atomic E-state index is 0.212. The van der Waals surface area contributed by atoms with Crippen LogP contribution in [0.15, 0.2) is 12.1 Å². The third-order valence-corrected chi connectivity index (χ3v) is 4.63. The normalized spacial score (nSPS) is 29.6. The maximum atomic E-state index is 5.92. The van der Waals surface area contributed by atoms with Crippen LogP contribution in [-0.4, -0.2) is 24.9 Å². The lowest BCUT2D eigenvalue weighted by molar-refractivity contribution is 0.00578. The molecule has 17 heavy (non-hydrogen) atoms. The van der Waals surface area contributed by atoms with E-state index < -0.39 is 0 Å². The predicted octanol–water partition coefficient (Wildman–Crippen LogP) is 2.30. The summed E-state index contributed by atoms with van der Waals surface area (Å²) in [4.78, 5) is 0. The second kappa shape index (κ2) is 4.11. The molecule has 0 spiro atoms. The van der Waals surface area contributed by atoms with Crippen LogP contribution in [-0.2, 0) is 9.31 Å². The van der Waals surface area contributed by atoms with Crippen molar-refractivity contribution >= 4 is 7.12 Å². The first kappa shape index (κ1) is 13.1. The van der Waals surface area contributed by atoms with Gasteiger partial charge >= 0.3 is 7.12 Å². The first-order valence-electron chi connectivity index (χ1n) is 6.55. The molecule has 0 aromatic carbocycles. The van der Waals surface area contributed by atoms with Gasteiger partial charge in [-0.3, -0.25) is 0 Å². The predicted molar refractivity (Wildman–Crippen MR) is 70.6 cm³/mol. The Balaban J connectivity index is 2.00. The van der Waals surface area contributed by atoms with Crippen LogP contribution in [0.25, 0.3) is 0 Å². The van der Waals surface area contributed by atoms with Crippen molar-refractivity contribution in [2.24, 2.45) is 11.1 Å². The molecule has 1 aliphatic carbocycles. The number of hydrogen-bond donors (Lipinski definition) is 1. The van der Waals surface area contributed by atoms with E-state index in [2.05, 4.69) is 33.8 Å². The Labute approximate surface area is 105 Å². The Kier molecular flexibility index (Phi) is 3.17. The van der Waals surface area contributed by atoms with Crippen molar-refractivity contribution in [3.63, 3.8) is 0 Å². The maximum Gasteiger partial charge on any atom is 0.486 e. The molecule has 2 fully saturated rings. The van der Waals surface area contributed by atoms with Crippen molar-refractivity contribution in [1.29, 1.82) is 0 Å². The molecule has 1 aliphatic heterocycles. The molecule has 2 N–H and O–H groups in total. The summed E-state index contributed by atoms with van der Waals surface area (Å²) in [5.74, 6) is 2.04. The summed E-state index contributed by atoms with van der Waals surface area (Å²) >= 11 is 0. The summed E-state index contributed by atoms with van der Waals surface area (Å²) in [5, 5.41) is 0. The molecule has 2 rings (SSSR count). The van der Waals surface area contributed by atoms with Crippen molar-refractivity contribution in [1.82, 2.24) is 0 Å². The topological polar surface area (TPSA) is 44.5 Å². The monoisotopic (exact) mass is 237 g/mol. The van der Waals surface area contributed by atoms with Gasteiger partial charge < -0.3 is 15.0 Å². The van der Waals surface area contributed by atoms with Crippen LogP contribution in [0.1, 0.15) is 47.0 Å². The highest BCUT2D eigenvalue weighted by Gasteiger charge is 2.50. The van der Waals surface area contributed by atoms with E-state index in [1.807, 2.05) is 5.98 Å². The molecule has 0 atom stereocenters. The Morgan fingerprint density at radius 2 is 1.65 bits per heavy atom. The van der Waals surface area contributed by atoms with Gasteiger partial charge in [-0.1, -0.05) is 18.5 Å². The molecule has 96 valence electrons. The molecule has 4 heteroatoms. The fraction of sp³-hybridized carbons (Fsp3) is 0.846.